The maximum atomic E-state index is 10.7. The number of benzene rings is 4. The van der Waals surface area contributed by atoms with Gasteiger partial charge in [0, 0.05) is 39.3 Å². The topological polar surface area (TPSA) is 72.8 Å². The number of carbonyl (C=O) groups excluding carboxylic acids is 2. The predicted octanol–water partition coefficient (Wildman–Crippen LogP) is 4.64. The summed E-state index contributed by atoms with van der Waals surface area (Å²) in [6.07, 6.45) is 0. The molecule has 0 saturated carbocycles. The predicted molar refractivity (Wildman–Crippen MR) is 113 cm³/mol. The zero-order chi connectivity index (χ0) is 20.6. The minimum Gasteiger partial charge on any atom is -0.610 e. The van der Waals surface area contributed by atoms with Gasteiger partial charge < -0.3 is 19.4 Å². The van der Waals surface area contributed by atoms with Gasteiger partial charge in [-0.1, -0.05) is 54.6 Å². The molecule has 0 spiro atoms. The third-order valence-corrected chi connectivity index (χ3v) is 4.34. The van der Waals surface area contributed by atoms with E-state index in [0.717, 1.165) is 32.7 Å². The smallest absolute Gasteiger partial charge is 0.298 e. The van der Waals surface area contributed by atoms with Crippen LogP contribution in [-0.4, -0.2) is 24.7 Å². The summed E-state index contributed by atoms with van der Waals surface area (Å²) in [7, 11) is 0. The summed E-state index contributed by atoms with van der Waals surface area (Å²) in [6, 6.07) is 23.0. The molecule has 6 heteroatoms. The SMILES string of the molecule is CCO.O=[C-]Oc1ccc2cccc(-c3cccc4ccc(OC=O)cc34)c2c1.[Y]. The van der Waals surface area contributed by atoms with E-state index in [2.05, 4.69) is 0 Å². The zero-order valence-electron chi connectivity index (χ0n) is 16.4. The van der Waals surface area contributed by atoms with Crippen molar-refractivity contribution in [1.82, 2.24) is 0 Å². The van der Waals surface area contributed by atoms with Crippen LogP contribution >= 0.6 is 0 Å². The number of rotatable bonds is 5. The van der Waals surface area contributed by atoms with Gasteiger partial charge in [0.05, 0.1) is 0 Å². The van der Waals surface area contributed by atoms with Crippen molar-refractivity contribution in [2.45, 2.75) is 6.92 Å². The van der Waals surface area contributed by atoms with Crippen LogP contribution in [0, 0.1) is 0 Å². The standard InChI is InChI=1S/C22H13O4.C2H6O.Y/c23-13-25-17-9-7-15-3-1-5-19(21(15)11-17)20-6-2-4-16-8-10-18(26-14-24)12-22(16)20;1-2-3;/h1-13H;3H,2H2,1H3;/q-1;;. The first kappa shape index (κ1) is 23.7. The van der Waals surface area contributed by atoms with Crippen molar-refractivity contribution >= 4 is 34.5 Å². The average molecular weight is 476 g/mol. The van der Waals surface area contributed by atoms with Crippen LogP contribution in [0.3, 0.4) is 0 Å². The van der Waals surface area contributed by atoms with E-state index < -0.39 is 0 Å². The van der Waals surface area contributed by atoms with Gasteiger partial charge in [0.1, 0.15) is 5.75 Å². The van der Waals surface area contributed by atoms with Crippen LogP contribution < -0.4 is 9.47 Å². The van der Waals surface area contributed by atoms with Gasteiger partial charge in [-0.3, -0.25) is 4.79 Å². The molecule has 0 aliphatic rings. The van der Waals surface area contributed by atoms with E-state index in [1.807, 2.05) is 60.7 Å². The minimum absolute atomic E-state index is 0. The first-order valence-electron chi connectivity index (χ1n) is 9.03. The molecule has 0 aliphatic carbocycles. The monoisotopic (exact) mass is 476 g/mol. The Morgan fingerprint density at radius 3 is 1.87 bits per heavy atom. The number of carbonyl (C=O) groups is 1. The summed E-state index contributed by atoms with van der Waals surface area (Å²) in [4.78, 5) is 21.2. The Bertz CT molecular complexity index is 1070. The van der Waals surface area contributed by atoms with Crippen molar-refractivity contribution in [3.8, 4) is 22.6 Å². The molecule has 1 radical (unpaired) electrons. The Morgan fingerprint density at radius 2 is 1.37 bits per heavy atom. The van der Waals surface area contributed by atoms with E-state index in [0.29, 0.717) is 18.0 Å². The third kappa shape index (κ3) is 5.30. The van der Waals surface area contributed by atoms with E-state index in [1.165, 1.54) is 6.47 Å². The fraction of sp³-hybridized carbons (Fsp3) is 0.0833. The Kier molecular flexibility index (Phi) is 9.12. The maximum Gasteiger partial charge on any atom is 0.298 e. The van der Waals surface area contributed by atoms with Gasteiger partial charge in [-0.15, -0.1) is 6.07 Å². The number of hydrogen-bond acceptors (Lipinski definition) is 5. The van der Waals surface area contributed by atoms with Gasteiger partial charge in [-0.2, -0.15) is 0 Å². The fourth-order valence-electron chi connectivity index (χ4n) is 3.21. The molecule has 0 saturated heterocycles. The second kappa shape index (κ2) is 11.6. The summed E-state index contributed by atoms with van der Waals surface area (Å²) in [5.74, 6) is 0.921. The van der Waals surface area contributed by atoms with Gasteiger partial charge in [-0.05, 0) is 57.5 Å². The Labute approximate surface area is 199 Å². The van der Waals surface area contributed by atoms with Gasteiger partial charge in [0.2, 0.25) is 0 Å². The summed E-state index contributed by atoms with van der Waals surface area (Å²) in [5.41, 5.74) is 1.99. The molecule has 0 unspecified atom stereocenters. The molecular weight excluding hydrogens is 457 g/mol. The zero-order valence-corrected chi connectivity index (χ0v) is 19.2. The molecule has 4 aromatic carbocycles. The average Bonchev–Trinajstić information content (AvgIpc) is 2.74. The van der Waals surface area contributed by atoms with Crippen LogP contribution in [0.4, 0.5) is 0 Å². The molecule has 149 valence electrons. The second-order valence-corrected chi connectivity index (χ2v) is 6.09. The van der Waals surface area contributed by atoms with Crippen LogP contribution in [0.5, 0.6) is 11.5 Å². The molecular formula is C24H19O5Y-. The molecule has 0 fully saturated rings. The molecule has 4 aromatic rings. The van der Waals surface area contributed by atoms with Crippen molar-refractivity contribution in [1.29, 1.82) is 0 Å². The summed E-state index contributed by atoms with van der Waals surface area (Å²) in [5, 5.41) is 11.5. The van der Waals surface area contributed by atoms with Gasteiger partial charge in [0.15, 0.2) is 6.47 Å². The molecule has 4 rings (SSSR count). The second-order valence-electron chi connectivity index (χ2n) is 6.09. The molecule has 30 heavy (non-hydrogen) atoms. The Morgan fingerprint density at radius 1 is 0.867 bits per heavy atom. The summed E-state index contributed by atoms with van der Waals surface area (Å²) < 4.78 is 9.88. The van der Waals surface area contributed by atoms with Crippen LogP contribution in [0.15, 0.2) is 72.8 Å². The number of aliphatic hydroxyl groups excluding tert-OH is 1. The van der Waals surface area contributed by atoms with E-state index in [1.54, 1.807) is 19.1 Å². The van der Waals surface area contributed by atoms with Crippen molar-refractivity contribution in [3.63, 3.8) is 0 Å². The first-order chi connectivity index (χ1) is 14.2. The Hall–Kier alpha value is -2.60. The quantitative estimate of drug-likeness (QED) is 0.336. The van der Waals surface area contributed by atoms with E-state index in [-0.39, 0.29) is 39.3 Å². The third-order valence-electron chi connectivity index (χ3n) is 4.34. The van der Waals surface area contributed by atoms with Crippen molar-refractivity contribution in [2.24, 2.45) is 0 Å². The normalized spacial score (nSPS) is 9.80. The van der Waals surface area contributed by atoms with Crippen LogP contribution in [0.2, 0.25) is 0 Å². The first-order valence-corrected chi connectivity index (χ1v) is 9.03. The number of hydrogen-bond donors (Lipinski definition) is 1. The molecule has 0 atom stereocenters. The van der Waals surface area contributed by atoms with Crippen LogP contribution in [-0.2, 0) is 42.3 Å². The number of fused-ring (bicyclic) bond motifs is 2. The van der Waals surface area contributed by atoms with Crippen LogP contribution in [0.25, 0.3) is 32.7 Å². The van der Waals surface area contributed by atoms with Crippen LogP contribution in [0.1, 0.15) is 6.92 Å². The van der Waals surface area contributed by atoms with E-state index in [9.17, 15) is 9.59 Å². The molecule has 0 heterocycles. The molecule has 0 aliphatic heterocycles. The van der Waals surface area contributed by atoms with E-state index in [4.69, 9.17) is 14.6 Å². The van der Waals surface area contributed by atoms with Crippen molar-refractivity contribution < 1.29 is 56.9 Å². The molecule has 0 amide bonds. The van der Waals surface area contributed by atoms with Crippen molar-refractivity contribution in [2.75, 3.05) is 6.61 Å². The molecule has 1 N–H and O–H groups in total. The molecule has 0 bridgehead atoms. The molecule has 0 aromatic heterocycles. The Balaban J connectivity index is 0.000000757. The van der Waals surface area contributed by atoms with Gasteiger partial charge in [0.25, 0.3) is 6.47 Å². The van der Waals surface area contributed by atoms with Gasteiger partial charge in [-0.25, -0.2) is 0 Å². The summed E-state index contributed by atoms with van der Waals surface area (Å²) >= 11 is 0. The summed E-state index contributed by atoms with van der Waals surface area (Å²) in [6.45, 7) is 3.81. The van der Waals surface area contributed by atoms with Gasteiger partial charge >= 0.3 is 0 Å². The fourth-order valence-corrected chi connectivity index (χ4v) is 3.21. The largest absolute Gasteiger partial charge is 0.610 e. The maximum absolute atomic E-state index is 10.7. The number of aliphatic hydroxyl groups is 1. The molecule has 5 nitrogen and oxygen atoms in total. The minimum atomic E-state index is 0. The van der Waals surface area contributed by atoms with Crippen molar-refractivity contribution in [3.05, 3.63) is 72.8 Å². The van der Waals surface area contributed by atoms with E-state index >= 15 is 0 Å². The number of ether oxygens (including phenoxy) is 2.